The molecule has 0 spiro atoms. The highest BCUT2D eigenvalue weighted by atomic mass is 16.3. The zero-order valence-electron chi connectivity index (χ0n) is 11.5. The molecule has 0 unspecified atom stereocenters. The molecule has 2 heterocycles. The molecule has 0 bridgehead atoms. The van der Waals surface area contributed by atoms with E-state index in [1.807, 2.05) is 26.0 Å². The SMILES string of the molecule is Cc1ccc(C#N)c(N2CCN(C[C@@H](C)O)CC2)n1. The predicted molar refractivity (Wildman–Crippen MR) is 74.0 cm³/mol. The zero-order chi connectivity index (χ0) is 13.8. The van der Waals surface area contributed by atoms with E-state index in [-0.39, 0.29) is 6.10 Å². The van der Waals surface area contributed by atoms with Crippen LogP contribution in [0.15, 0.2) is 12.1 Å². The van der Waals surface area contributed by atoms with Crippen molar-refractivity contribution in [2.75, 3.05) is 37.6 Å². The summed E-state index contributed by atoms with van der Waals surface area (Å²) in [5, 5.41) is 18.5. The van der Waals surface area contributed by atoms with Gasteiger partial charge < -0.3 is 10.0 Å². The summed E-state index contributed by atoms with van der Waals surface area (Å²) in [6, 6.07) is 5.91. The minimum absolute atomic E-state index is 0.293. The molecule has 0 amide bonds. The molecule has 2 rings (SSSR count). The number of aryl methyl sites for hydroxylation is 1. The van der Waals surface area contributed by atoms with Crippen molar-refractivity contribution in [2.24, 2.45) is 0 Å². The molecule has 0 radical (unpaired) electrons. The summed E-state index contributed by atoms with van der Waals surface area (Å²) in [5.41, 5.74) is 1.56. The van der Waals surface area contributed by atoms with Gasteiger partial charge in [-0.25, -0.2) is 4.98 Å². The molecule has 0 aliphatic carbocycles. The summed E-state index contributed by atoms with van der Waals surface area (Å²) in [6.07, 6.45) is -0.293. The molecule has 19 heavy (non-hydrogen) atoms. The average molecular weight is 260 g/mol. The maximum Gasteiger partial charge on any atom is 0.146 e. The fourth-order valence-corrected chi connectivity index (χ4v) is 2.39. The van der Waals surface area contributed by atoms with E-state index in [0.29, 0.717) is 12.1 Å². The summed E-state index contributed by atoms with van der Waals surface area (Å²) in [6.45, 7) is 7.93. The smallest absolute Gasteiger partial charge is 0.146 e. The van der Waals surface area contributed by atoms with Gasteiger partial charge in [-0.15, -0.1) is 0 Å². The number of β-amino-alcohol motifs (C(OH)–C–C–N with tert-alkyl or cyclic N) is 1. The van der Waals surface area contributed by atoms with Crippen LogP contribution in [0, 0.1) is 18.3 Å². The van der Waals surface area contributed by atoms with Crippen LogP contribution in [0.4, 0.5) is 5.82 Å². The maximum atomic E-state index is 9.40. The molecule has 1 atom stereocenters. The van der Waals surface area contributed by atoms with E-state index in [9.17, 15) is 5.11 Å². The van der Waals surface area contributed by atoms with E-state index in [4.69, 9.17) is 5.26 Å². The van der Waals surface area contributed by atoms with Crippen LogP contribution < -0.4 is 4.90 Å². The van der Waals surface area contributed by atoms with Crippen molar-refractivity contribution in [3.05, 3.63) is 23.4 Å². The first kappa shape index (κ1) is 13.8. The number of hydrogen-bond donors (Lipinski definition) is 1. The van der Waals surface area contributed by atoms with E-state index >= 15 is 0 Å². The molecule has 5 nitrogen and oxygen atoms in total. The normalized spacial score (nSPS) is 18.1. The number of rotatable bonds is 3. The van der Waals surface area contributed by atoms with Crippen molar-refractivity contribution in [3.8, 4) is 6.07 Å². The molecule has 0 aromatic carbocycles. The lowest BCUT2D eigenvalue weighted by Gasteiger charge is -2.36. The van der Waals surface area contributed by atoms with Crippen molar-refractivity contribution < 1.29 is 5.11 Å². The van der Waals surface area contributed by atoms with Crippen LogP contribution in [0.25, 0.3) is 0 Å². The van der Waals surface area contributed by atoms with E-state index < -0.39 is 0 Å². The fraction of sp³-hybridized carbons (Fsp3) is 0.571. The number of hydrogen-bond acceptors (Lipinski definition) is 5. The minimum atomic E-state index is -0.293. The molecule has 1 aliphatic rings. The number of aliphatic hydroxyl groups is 1. The molecule has 1 aliphatic heterocycles. The van der Waals surface area contributed by atoms with Crippen molar-refractivity contribution in [2.45, 2.75) is 20.0 Å². The second-order valence-electron chi connectivity index (χ2n) is 5.07. The third kappa shape index (κ3) is 3.43. The van der Waals surface area contributed by atoms with Crippen LogP contribution in [0.1, 0.15) is 18.2 Å². The van der Waals surface area contributed by atoms with Gasteiger partial charge in [-0.05, 0) is 26.0 Å². The monoisotopic (exact) mass is 260 g/mol. The third-order valence-corrected chi connectivity index (χ3v) is 3.33. The van der Waals surface area contributed by atoms with E-state index in [1.165, 1.54) is 0 Å². The molecule has 0 saturated carbocycles. The Labute approximate surface area is 114 Å². The van der Waals surface area contributed by atoms with Gasteiger partial charge in [0.05, 0.1) is 11.7 Å². The first-order chi connectivity index (χ1) is 9.10. The molecule has 1 aromatic heterocycles. The summed E-state index contributed by atoms with van der Waals surface area (Å²) in [4.78, 5) is 8.89. The molecule has 1 aromatic rings. The van der Waals surface area contributed by atoms with Gasteiger partial charge in [0.15, 0.2) is 0 Å². The molecule has 1 saturated heterocycles. The first-order valence-electron chi connectivity index (χ1n) is 6.63. The maximum absolute atomic E-state index is 9.40. The van der Waals surface area contributed by atoms with Crippen LogP contribution in [0.2, 0.25) is 0 Å². The molecule has 102 valence electrons. The largest absolute Gasteiger partial charge is 0.392 e. The standard InChI is InChI=1S/C14H20N4O/c1-11-3-4-13(9-15)14(16-11)18-7-5-17(6-8-18)10-12(2)19/h3-4,12,19H,5-8,10H2,1-2H3/t12-/m1/s1. The highest BCUT2D eigenvalue weighted by Gasteiger charge is 2.21. The number of piperazine rings is 1. The van der Waals surface area contributed by atoms with Crippen LogP contribution in [-0.2, 0) is 0 Å². The average Bonchev–Trinajstić information content (AvgIpc) is 2.39. The first-order valence-corrected chi connectivity index (χ1v) is 6.63. The molecular weight excluding hydrogens is 240 g/mol. The van der Waals surface area contributed by atoms with Gasteiger partial charge in [0, 0.05) is 38.4 Å². The van der Waals surface area contributed by atoms with E-state index in [1.54, 1.807) is 0 Å². The summed E-state index contributed by atoms with van der Waals surface area (Å²) in [7, 11) is 0. The third-order valence-electron chi connectivity index (χ3n) is 3.33. The Morgan fingerprint density at radius 1 is 1.37 bits per heavy atom. The number of aromatic nitrogens is 1. The van der Waals surface area contributed by atoms with Crippen LogP contribution >= 0.6 is 0 Å². The van der Waals surface area contributed by atoms with E-state index in [2.05, 4.69) is 20.9 Å². The number of anilines is 1. The molecule has 1 N–H and O–H groups in total. The van der Waals surface area contributed by atoms with Crippen molar-refractivity contribution in [3.63, 3.8) is 0 Å². The minimum Gasteiger partial charge on any atom is -0.392 e. The van der Waals surface area contributed by atoms with Crippen LogP contribution in [-0.4, -0.2) is 53.8 Å². The van der Waals surface area contributed by atoms with Gasteiger partial charge in [0.2, 0.25) is 0 Å². The summed E-state index contributed by atoms with van der Waals surface area (Å²) < 4.78 is 0. The van der Waals surface area contributed by atoms with Crippen molar-refractivity contribution in [1.29, 1.82) is 5.26 Å². The number of aliphatic hydroxyl groups excluding tert-OH is 1. The van der Waals surface area contributed by atoms with Gasteiger partial charge in [-0.2, -0.15) is 5.26 Å². The number of nitriles is 1. The Bertz CT molecular complexity index is 473. The molecular formula is C14H20N4O. The lowest BCUT2D eigenvalue weighted by molar-refractivity contribution is 0.122. The second-order valence-corrected chi connectivity index (χ2v) is 5.07. The van der Waals surface area contributed by atoms with E-state index in [0.717, 1.165) is 37.7 Å². The van der Waals surface area contributed by atoms with Crippen molar-refractivity contribution in [1.82, 2.24) is 9.88 Å². The highest BCUT2D eigenvalue weighted by Crippen LogP contribution is 2.19. The fourth-order valence-electron chi connectivity index (χ4n) is 2.39. The van der Waals surface area contributed by atoms with Gasteiger partial charge in [0.25, 0.3) is 0 Å². The van der Waals surface area contributed by atoms with Gasteiger partial charge >= 0.3 is 0 Å². The number of nitrogens with zero attached hydrogens (tertiary/aromatic N) is 4. The van der Waals surface area contributed by atoms with Crippen LogP contribution in [0.5, 0.6) is 0 Å². The van der Waals surface area contributed by atoms with Gasteiger partial charge in [-0.3, -0.25) is 4.90 Å². The second kappa shape index (κ2) is 6.00. The Morgan fingerprint density at radius 2 is 2.05 bits per heavy atom. The molecule has 1 fully saturated rings. The van der Waals surface area contributed by atoms with Crippen molar-refractivity contribution >= 4 is 5.82 Å². The Morgan fingerprint density at radius 3 is 2.63 bits per heavy atom. The molecule has 5 heteroatoms. The summed E-state index contributed by atoms with van der Waals surface area (Å²) >= 11 is 0. The predicted octanol–water partition coefficient (Wildman–Crippen LogP) is 0.764. The topological polar surface area (TPSA) is 63.4 Å². The lowest BCUT2D eigenvalue weighted by Crippen LogP contribution is -2.48. The van der Waals surface area contributed by atoms with Gasteiger partial charge in [0.1, 0.15) is 11.9 Å². The number of pyridine rings is 1. The Balaban J connectivity index is 2.05. The quantitative estimate of drug-likeness (QED) is 0.869. The highest BCUT2D eigenvalue weighted by molar-refractivity contribution is 5.54. The Kier molecular flexibility index (Phi) is 4.35. The zero-order valence-corrected chi connectivity index (χ0v) is 11.5. The van der Waals surface area contributed by atoms with Gasteiger partial charge in [-0.1, -0.05) is 0 Å². The summed E-state index contributed by atoms with van der Waals surface area (Å²) in [5.74, 6) is 0.791. The van der Waals surface area contributed by atoms with Crippen LogP contribution in [0.3, 0.4) is 0 Å². The lowest BCUT2D eigenvalue weighted by atomic mass is 10.2. The Hall–Kier alpha value is -1.64.